The molecule has 21 heavy (non-hydrogen) atoms. The van der Waals surface area contributed by atoms with Gasteiger partial charge in [0.15, 0.2) is 0 Å². The van der Waals surface area contributed by atoms with E-state index in [1.165, 1.54) is 7.11 Å². The van der Waals surface area contributed by atoms with E-state index in [4.69, 9.17) is 9.15 Å². The van der Waals surface area contributed by atoms with Gasteiger partial charge in [0.2, 0.25) is 0 Å². The third kappa shape index (κ3) is 3.64. The van der Waals surface area contributed by atoms with Crippen LogP contribution in [-0.4, -0.2) is 31.3 Å². The van der Waals surface area contributed by atoms with Crippen LogP contribution in [-0.2, 0) is 11.3 Å². The topological polar surface area (TPSA) is 62.9 Å². The molecule has 2 aromatic rings. The monoisotopic (exact) mass is 289 g/mol. The molecule has 0 saturated heterocycles. The number of aliphatic hydroxyl groups is 1. The van der Waals surface area contributed by atoms with E-state index in [0.29, 0.717) is 30.2 Å². The van der Waals surface area contributed by atoms with Crippen LogP contribution in [0.25, 0.3) is 0 Å². The predicted octanol–water partition coefficient (Wildman–Crippen LogP) is 2.37. The summed E-state index contributed by atoms with van der Waals surface area (Å²) in [6.07, 6.45) is 0. The van der Waals surface area contributed by atoms with Crippen molar-refractivity contribution in [3.63, 3.8) is 0 Å². The normalized spacial score (nSPS) is 10.4. The van der Waals surface area contributed by atoms with Gasteiger partial charge in [0, 0.05) is 12.2 Å². The summed E-state index contributed by atoms with van der Waals surface area (Å²) in [6, 6.07) is 11.4. The number of aliphatic hydroxyl groups excluding tert-OH is 1. The van der Waals surface area contributed by atoms with Gasteiger partial charge in [-0.1, -0.05) is 18.2 Å². The SMILES string of the molecule is COC(=O)c1cc(CN(CCO)c2ccccc2)oc1C. The van der Waals surface area contributed by atoms with Gasteiger partial charge in [0.1, 0.15) is 17.1 Å². The number of hydrogen-bond acceptors (Lipinski definition) is 5. The summed E-state index contributed by atoms with van der Waals surface area (Å²) in [5, 5.41) is 9.22. The van der Waals surface area contributed by atoms with Crippen molar-refractivity contribution in [1.82, 2.24) is 0 Å². The first-order valence-electron chi connectivity index (χ1n) is 6.74. The third-order valence-corrected chi connectivity index (χ3v) is 3.21. The van der Waals surface area contributed by atoms with Crippen LogP contribution in [0.2, 0.25) is 0 Å². The number of nitrogens with zero attached hydrogens (tertiary/aromatic N) is 1. The molecule has 2 rings (SSSR count). The molecule has 0 saturated carbocycles. The maximum atomic E-state index is 11.6. The molecule has 5 heteroatoms. The average molecular weight is 289 g/mol. The quantitative estimate of drug-likeness (QED) is 0.827. The van der Waals surface area contributed by atoms with Gasteiger partial charge < -0.3 is 19.2 Å². The highest BCUT2D eigenvalue weighted by Crippen LogP contribution is 2.20. The van der Waals surface area contributed by atoms with Gasteiger partial charge in [-0.15, -0.1) is 0 Å². The number of aryl methyl sites for hydroxylation is 1. The first-order chi connectivity index (χ1) is 10.2. The number of para-hydroxylation sites is 1. The third-order valence-electron chi connectivity index (χ3n) is 3.21. The van der Waals surface area contributed by atoms with Gasteiger partial charge in [-0.3, -0.25) is 0 Å². The first kappa shape index (κ1) is 15.1. The molecule has 0 spiro atoms. The Hall–Kier alpha value is -2.27. The van der Waals surface area contributed by atoms with Crippen molar-refractivity contribution in [2.45, 2.75) is 13.5 Å². The number of anilines is 1. The summed E-state index contributed by atoms with van der Waals surface area (Å²) in [7, 11) is 1.34. The number of benzene rings is 1. The number of carbonyl (C=O) groups excluding carboxylic acids is 1. The zero-order chi connectivity index (χ0) is 15.2. The second-order valence-electron chi connectivity index (χ2n) is 4.65. The summed E-state index contributed by atoms with van der Waals surface area (Å²) in [4.78, 5) is 13.6. The second kappa shape index (κ2) is 6.95. The number of ether oxygens (including phenoxy) is 1. The maximum Gasteiger partial charge on any atom is 0.341 e. The standard InChI is InChI=1S/C16H19NO4/c1-12-15(16(19)20-2)10-14(21-12)11-17(8-9-18)13-6-4-3-5-7-13/h3-7,10,18H,8-9,11H2,1-2H3. The van der Waals surface area contributed by atoms with Crippen molar-refractivity contribution < 1.29 is 19.1 Å². The van der Waals surface area contributed by atoms with E-state index in [1.54, 1.807) is 13.0 Å². The number of esters is 1. The molecule has 0 aliphatic carbocycles. The molecular formula is C16H19NO4. The molecule has 0 aliphatic heterocycles. The molecule has 0 aliphatic rings. The molecule has 0 radical (unpaired) electrons. The number of carbonyl (C=O) groups is 1. The lowest BCUT2D eigenvalue weighted by Crippen LogP contribution is -2.25. The molecule has 5 nitrogen and oxygen atoms in total. The van der Waals surface area contributed by atoms with Gasteiger partial charge in [0.25, 0.3) is 0 Å². The Morgan fingerprint density at radius 3 is 2.67 bits per heavy atom. The summed E-state index contributed by atoms with van der Waals surface area (Å²) in [5.41, 5.74) is 1.42. The molecule has 1 N–H and O–H groups in total. The van der Waals surface area contributed by atoms with E-state index in [1.807, 2.05) is 35.2 Å². The lowest BCUT2D eigenvalue weighted by atomic mass is 10.2. The number of rotatable bonds is 6. The van der Waals surface area contributed by atoms with E-state index in [0.717, 1.165) is 5.69 Å². The zero-order valence-corrected chi connectivity index (χ0v) is 12.2. The van der Waals surface area contributed by atoms with Crippen LogP contribution in [0.4, 0.5) is 5.69 Å². The molecule has 1 heterocycles. The fourth-order valence-corrected chi connectivity index (χ4v) is 2.18. The Morgan fingerprint density at radius 2 is 2.05 bits per heavy atom. The van der Waals surface area contributed by atoms with E-state index in [2.05, 4.69) is 0 Å². The second-order valence-corrected chi connectivity index (χ2v) is 4.65. The Balaban J connectivity index is 2.20. The van der Waals surface area contributed by atoms with Gasteiger partial charge in [-0.25, -0.2) is 4.79 Å². The average Bonchev–Trinajstić information content (AvgIpc) is 2.87. The molecule has 0 unspecified atom stereocenters. The Labute approximate surface area is 123 Å². The van der Waals surface area contributed by atoms with E-state index >= 15 is 0 Å². The van der Waals surface area contributed by atoms with Crippen LogP contribution < -0.4 is 4.90 Å². The highest BCUT2D eigenvalue weighted by molar-refractivity contribution is 5.90. The fourth-order valence-electron chi connectivity index (χ4n) is 2.18. The van der Waals surface area contributed by atoms with E-state index < -0.39 is 5.97 Å². The molecule has 112 valence electrons. The summed E-state index contributed by atoms with van der Waals surface area (Å²) in [5.74, 6) is 0.787. The number of furan rings is 1. The molecule has 0 amide bonds. The highest BCUT2D eigenvalue weighted by Gasteiger charge is 2.17. The number of hydrogen-bond donors (Lipinski definition) is 1. The molecule has 1 aromatic carbocycles. The van der Waals surface area contributed by atoms with Crippen molar-refractivity contribution >= 4 is 11.7 Å². The lowest BCUT2D eigenvalue weighted by molar-refractivity contribution is 0.0599. The smallest absolute Gasteiger partial charge is 0.341 e. The first-order valence-corrected chi connectivity index (χ1v) is 6.74. The van der Waals surface area contributed by atoms with E-state index in [-0.39, 0.29) is 6.61 Å². The molecular weight excluding hydrogens is 270 g/mol. The molecule has 0 fully saturated rings. The molecule has 0 atom stereocenters. The van der Waals surface area contributed by atoms with Crippen molar-refractivity contribution in [3.8, 4) is 0 Å². The Kier molecular flexibility index (Phi) is 5.00. The fraction of sp³-hybridized carbons (Fsp3) is 0.312. The van der Waals surface area contributed by atoms with Gasteiger partial charge in [-0.05, 0) is 25.1 Å². The van der Waals surface area contributed by atoms with Gasteiger partial charge >= 0.3 is 5.97 Å². The molecule has 1 aromatic heterocycles. The van der Waals surface area contributed by atoms with Gasteiger partial charge in [-0.2, -0.15) is 0 Å². The summed E-state index contributed by atoms with van der Waals surface area (Å²) < 4.78 is 10.3. The minimum atomic E-state index is -0.407. The highest BCUT2D eigenvalue weighted by atomic mass is 16.5. The minimum Gasteiger partial charge on any atom is -0.465 e. The van der Waals surface area contributed by atoms with Crippen LogP contribution in [0.3, 0.4) is 0 Å². The van der Waals surface area contributed by atoms with Crippen molar-refractivity contribution in [1.29, 1.82) is 0 Å². The van der Waals surface area contributed by atoms with Crippen LogP contribution in [0, 0.1) is 6.92 Å². The molecule has 0 bridgehead atoms. The largest absolute Gasteiger partial charge is 0.465 e. The van der Waals surface area contributed by atoms with Crippen LogP contribution in [0.15, 0.2) is 40.8 Å². The van der Waals surface area contributed by atoms with Crippen LogP contribution in [0.5, 0.6) is 0 Å². The Bertz CT molecular complexity index is 592. The minimum absolute atomic E-state index is 0.0401. The number of methoxy groups -OCH3 is 1. The van der Waals surface area contributed by atoms with E-state index in [9.17, 15) is 9.90 Å². The van der Waals surface area contributed by atoms with Gasteiger partial charge in [0.05, 0.1) is 20.3 Å². The van der Waals surface area contributed by atoms with Crippen molar-refractivity contribution in [2.24, 2.45) is 0 Å². The van der Waals surface area contributed by atoms with Crippen molar-refractivity contribution in [3.05, 3.63) is 53.5 Å². The van der Waals surface area contributed by atoms with Crippen LogP contribution in [0.1, 0.15) is 21.9 Å². The maximum absolute atomic E-state index is 11.6. The summed E-state index contributed by atoms with van der Waals surface area (Å²) in [6.45, 7) is 2.73. The predicted molar refractivity (Wildman–Crippen MR) is 79.4 cm³/mol. The van der Waals surface area contributed by atoms with Crippen molar-refractivity contribution in [2.75, 3.05) is 25.2 Å². The van der Waals surface area contributed by atoms with Crippen LogP contribution >= 0.6 is 0 Å². The Morgan fingerprint density at radius 1 is 1.33 bits per heavy atom. The zero-order valence-electron chi connectivity index (χ0n) is 12.2. The summed E-state index contributed by atoms with van der Waals surface area (Å²) >= 11 is 0. The lowest BCUT2D eigenvalue weighted by Gasteiger charge is -2.22.